The minimum atomic E-state index is -0.764. The number of aliphatic hydroxyl groups is 1. The summed E-state index contributed by atoms with van der Waals surface area (Å²) in [4.78, 5) is 2.31. The topological polar surface area (TPSA) is 32.7 Å². The Balaban J connectivity index is 1.76. The first kappa shape index (κ1) is 16.2. The summed E-state index contributed by atoms with van der Waals surface area (Å²) in [7, 11) is 0. The highest BCUT2D eigenvalue weighted by atomic mass is 16.5. The first-order valence-corrected chi connectivity index (χ1v) is 8.34. The second-order valence-electron chi connectivity index (χ2n) is 6.44. The van der Waals surface area contributed by atoms with E-state index in [2.05, 4.69) is 29.2 Å². The number of rotatable bonds is 6. The van der Waals surface area contributed by atoms with Gasteiger partial charge in [-0.05, 0) is 11.1 Å². The Kier molecular flexibility index (Phi) is 5.44. The number of nitrogens with zero attached hydrogens (tertiary/aromatic N) is 1. The van der Waals surface area contributed by atoms with Crippen LogP contribution in [0.5, 0.6) is 0 Å². The second kappa shape index (κ2) is 7.73. The SMILES string of the molecule is OC(Cc1ccccc1)(Cc1ccccc1)CN1CCOCC1. The Morgan fingerprint density at radius 2 is 1.30 bits per heavy atom. The Morgan fingerprint density at radius 3 is 1.78 bits per heavy atom. The van der Waals surface area contributed by atoms with Gasteiger partial charge in [0.15, 0.2) is 0 Å². The lowest BCUT2D eigenvalue weighted by molar-refractivity contribution is -0.0316. The third-order valence-electron chi connectivity index (χ3n) is 4.37. The minimum absolute atomic E-state index is 0.667. The Labute approximate surface area is 138 Å². The van der Waals surface area contributed by atoms with Crippen LogP contribution in [-0.2, 0) is 17.6 Å². The quantitative estimate of drug-likeness (QED) is 0.890. The molecule has 0 amide bonds. The molecule has 1 aliphatic heterocycles. The summed E-state index contributed by atoms with van der Waals surface area (Å²) in [5.74, 6) is 0. The van der Waals surface area contributed by atoms with E-state index in [1.807, 2.05) is 36.4 Å². The summed E-state index contributed by atoms with van der Waals surface area (Å²) in [5, 5.41) is 11.4. The first-order valence-electron chi connectivity index (χ1n) is 8.34. The summed E-state index contributed by atoms with van der Waals surface area (Å²) in [5.41, 5.74) is 1.60. The highest BCUT2D eigenvalue weighted by molar-refractivity contribution is 5.22. The van der Waals surface area contributed by atoms with Gasteiger partial charge >= 0.3 is 0 Å². The summed E-state index contributed by atoms with van der Waals surface area (Å²) in [6.07, 6.45) is 1.33. The average Bonchev–Trinajstić information content (AvgIpc) is 2.57. The summed E-state index contributed by atoms with van der Waals surface area (Å²) in [6.45, 7) is 3.98. The molecule has 3 heteroatoms. The van der Waals surface area contributed by atoms with Gasteiger partial charge in [-0.1, -0.05) is 60.7 Å². The van der Waals surface area contributed by atoms with Crippen molar-refractivity contribution in [3.8, 4) is 0 Å². The van der Waals surface area contributed by atoms with Crippen LogP contribution in [0.2, 0.25) is 0 Å². The van der Waals surface area contributed by atoms with Crippen LogP contribution in [0, 0.1) is 0 Å². The molecule has 0 spiro atoms. The highest BCUT2D eigenvalue weighted by Crippen LogP contribution is 2.21. The van der Waals surface area contributed by atoms with E-state index >= 15 is 0 Å². The molecule has 1 aliphatic rings. The van der Waals surface area contributed by atoms with E-state index < -0.39 is 5.60 Å². The van der Waals surface area contributed by atoms with Gasteiger partial charge in [0.05, 0.1) is 18.8 Å². The minimum Gasteiger partial charge on any atom is -0.388 e. The van der Waals surface area contributed by atoms with Gasteiger partial charge in [-0.3, -0.25) is 4.90 Å². The van der Waals surface area contributed by atoms with E-state index in [1.54, 1.807) is 0 Å². The molecule has 1 saturated heterocycles. The molecule has 0 radical (unpaired) electrons. The molecule has 1 heterocycles. The van der Waals surface area contributed by atoms with Crippen LogP contribution in [0.25, 0.3) is 0 Å². The van der Waals surface area contributed by atoms with Crippen LogP contribution < -0.4 is 0 Å². The maximum atomic E-state index is 11.4. The molecule has 2 aromatic carbocycles. The molecule has 23 heavy (non-hydrogen) atoms. The fourth-order valence-corrected chi connectivity index (χ4v) is 3.30. The van der Waals surface area contributed by atoms with Crippen LogP contribution in [0.15, 0.2) is 60.7 Å². The van der Waals surface area contributed by atoms with E-state index in [0.717, 1.165) is 26.3 Å². The lowest BCUT2D eigenvalue weighted by atomic mass is 9.87. The third kappa shape index (κ3) is 4.90. The van der Waals surface area contributed by atoms with Gasteiger partial charge in [-0.25, -0.2) is 0 Å². The highest BCUT2D eigenvalue weighted by Gasteiger charge is 2.31. The standard InChI is InChI=1S/C20H25NO2/c22-20(15-18-7-3-1-4-8-18,16-19-9-5-2-6-10-19)17-21-11-13-23-14-12-21/h1-10,22H,11-17H2. The zero-order chi connectivity index (χ0) is 16.0. The van der Waals surface area contributed by atoms with Crippen molar-refractivity contribution in [1.82, 2.24) is 4.90 Å². The molecular weight excluding hydrogens is 286 g/mol. The number of hydrogen-bond donors (Lipinski definition) is 1. The summed E-state index contributed by atoms with van der Waals surface area (Å²) >= 11 is 0. The predicted octanol–water partition coefficient (Wildman–Crippen LogP) is 2.54. The summed E-state index contributed by atoms with van der Waals surface area (Å²) < 4.78 is 5.43. The molecule has 0 aliphatic carbocycles. The molecule has 0 bridgehead atoms. The van der Waals surface area contributed by atoms with Crippen molar-refractivity contribution in [2.75, 3.05) is 32.8 Å². The Morgan fingerprint density at radius 1 is 0.826 bits per heavy atom. The lowest BCUT2D eigenvalue weighted by Crippen LogP contribution is -2.49. The molecular formula is C20H25NO2. The van der Waals surface area contributed by atoms with Crippen molar-refractivity contribution in [3.63, 3.8) is 0 Å². The fourth-order valence-electron chi connectivity index (χ4n) is 3.30. The Hall–Kier alpha value is -1.68. The van der Waals surface area contributed by atoms with Crippen LogP contribution in [0.3, 0.4) is 0 Å². The van der Waals surface area contributed by atoms with Gasteiger partial charge in [-0.15, -0.1) is 0 Å². The van der Waals surface area contributed by atoms with Gasteiger partial charge in [0.25, 0.3) is 0 Å². The van der Waals surface area contributed by atoms with Crippen LogP contribution >= 0.6 is 0 Å². The van der Waals surface area contributed by atoms with Gasteiger partial charge in [0, 0.05) is 32.5 Å². The lowest BCUT2D eigenvalue weighted by Gasteiger charge is -2.36. The predicted molar refractivity (Wildman–Crippen MR) is 92.5 cm³/mol. The summed E-state index contributed by atoms with van der Waals surface area (Å²) in [6, 6.07) is 20.5. The van der Waals surface area contributed by atoms with Crippen molar-refractivity contribution >= 4 is 0 Å². The Bertz CT molecular complexity index is 538. The maximum Gasteiger partial charge on any atom is 0.0854 e. The van der Waals surface area contributed by atoms with Crippen LogP contribution in [0.4, 0.5) is 0 Å². The van der Waals surface area contributed by atoms with Gasteiger partial charge in [-0.2, -0.15) is 0 Å². The molecule has 0 unspecified atom stereocenters. The largest absolute Gasteiger partial charge is 0.388 e. The average molecular weight is 311 g/mol. The van der Waals surface area contributed by atoms with Crippen molar-refractivity contribution in [2.24, 2.45) is 0 Å². The molecule has 1 fully saturated rings. The van der Waals surface area contributed by atoms with Crippen molar-refractivity contribution in [3.05, 3.63) is 71.8 Å². The number of β-amino-alcohol motifs (C(OH)–C–C–N with tert-alkyl or cyclic N) is 1. The van der Waals surface area contributed by atoms with Crippen molar-refractivity contribution in [1.29, 1.82) is 0 Å². The van der Waals surface area contributed by atoms with E-state index in [9.17, 15) is 5.11 Å². The molecule has 3 rings (SSSR count). The van der Waals surface area contributed by atoms with E-state index in [1.165, 1.54) is 11.1 Å². The van der Waals surface area contributed by atoms with E-state index in [4.69, 9.17) is 4.74 Å². The van der Waals surface area contributed by atoms with Crippen molar-refractivity contribution in [2.45, 2.75) is 18.4 Å². The smallest absolute Gasteiger partial charge is 0.0854 e. The third-order valence-corrected chi connectivity index (χ3v) is 4.37. The van der Waals surface area contributed by atoms with Crippen LogP contribution in [-0.4, -0.2) is 48.5 Å². The molecule has 3 nitrogen and oxygen atoms in total. The molecule has 1 N–H and O–H groups in total. The number of ether oxygens (including phenoxy) is 1. The van der Waals surface area contributed by atoms with Crippen molar-refractivity contribution < 1.29 is 9.84 Å². The molecule has 0 aromatic heterocycles. The number of hydrogen-bond acceptors (Lipinski definition) is 3. The van der Waals surface area contributed by atoms with Gasteiger partial charge < -0.3 is 9.84 Å². The van der Waals surface area contributed by atoms with Crippen LogP contribution in [0.1, 0.15) is 11.1 Å². The van der Waals surface area contributed by atoms with E-state index in [-0.39, 0.29) is 0 Å². The van der Waals surface area contributed by atoms with Gasteiger partial charge in [0.1, 0.15) is 0 Å². The normalized spacial score (nSPS) is 16.4. The first-order chi connectivity index (χ1) is 11.2. The van der Waals surface area contributed by atoms with E-state index in [0.29, 0.717) is 19.4 Å². The molecule has 0 atom stereocenters. The zero-order valence-corrected chi connectivity index (χ0v) is 13.5. The zero-order valence-electron chi connectivity index (χ0n) is 13.5. The number of morpholine rings is 1. The van der Waals surface area contributed by atoms with Gasteiger partial charge in [0.2, 0.25) is 0 Å². The maximum absolute atomic E-state index is 11.4. The monoisotopic (exact) mass is 311 g/mol. The molecule has 2 aromatic rings. The number of benzene rings is 2. The molecule has 0 saturated carbocycles. The fraction of sp³-hybridized carbons (Fsp3) is 0.400. The second-order valence-corrected chi connectivity index (χ2v) is 6.44. The molecule has 122 valence electrons.